The number of rotatable bonds is 3. The van der Waals surface area contributed by atoms with Crippen LogP contribution in [0.5, 0.6) is 0 Å². The third-order valence-electron chi connectivity index (χ3n) is 3.67. The monoisotopic (exact) mass is 275 g/mol. The van der Waals surface area contributed by atoms with Crippen LogP contribution in [-0.4, -0.2) is 34.3 Å². The second-order valence-electron chi connectivity index (χ2n) is 5.60. The molecule has 1 aromatic rings. The molecule has 1 unspecified atom stereocenters. The van der Waals surface area contributed by atoms with Gasteiger partial charge in [0, 0.05) is 31.9 Å². The molecule has 0 saturated carbocycles. The number of hydrogen-bond acceptors (Lipinski definition) is 3. The largest absolute Gasteiger partial charge is 0.344 e. The molecule has 0 bridgehead atoms. The number of amides is 2. The van der Waals surface area contributed by atoms with Crippen LogP contribution in [0, 0.1) is 12.8 Å². The SMILES string of the molecule is Cc1cnccc1CN1CCC(=O)NC(C(C)C)C1=O. The third kappa shape index (κ3) is 3.15. The molecule has 1 aliphatic rings. The molecule has 20 heavy (non-hydrogen) atoms. The fourth-order valence-corrected chi connectivity index (χ4v) is 2.34. The van der Waals surface area contributed by atoms with Crippen LogP contribution in [0.2, 0.25) is 0 Å². The number of carbonyl (C=O) groups is 2. The first kappa shape index (κ1) is 14.5. The van der Waals surface area contributed by atoms with E-state index in [1.165, 1.54) is 0 Å². The van der Waals surface area contributed by atoms with E-state index in [0.717, 1.165) is 11.1 Å². The van der Waals surface area contributed by atoms with Crippen LogP contribution >= 0.6 is 0 Å². The second kappa shape index (κ2) is 6.03. The average molecular weight is 275 g/mol. The Morgan fingerprint density at radius 2 is 2.20 bits per heavy atom. The standard InChI is InChI=1S/C15H21N3O2/c1-10(2)14-15(20)18(7-5-13(19)17-14)9-12-4-6-16-8-11(12)3/h4,6,8,10,14H,5,7,9H2,1-3H3,(H,17,19). The minimum atomic E-state index is -0.424. The Labute approximate surface area is 119 Å². The van der Waals surface area contributed by atoms with E-state index in [2.05, 4.69) is 10.3 Å². The molecule has 2 heterocycles. The van der Waals surface area contributed by atoms with Gasteiger partial charge in [0.05, 0.1) is 0 Å². The van der Waals surface area contributed by atoms with Gasteiger partial charge in [-0.25, -0.2) is 0 Å². The predicted molar refractivity (Wildman–Crippen MR) is 75.8 cm³/mol. The minimum Gasteiger partial charge on any atom is -0.344 e. The highest BCUT2D eigenvalue weighted by Crippen LogP contribution is 2.15. The van der Waals surface area contributed by atoms with Gasteiger partial charge in [0.2, 0.25) is 11.8 Å². The lowest BCUT2D eigenvalue weighted by Gasteiger charge is -2.26. The van der Waals surface area contributed by atoms with Crippen molar-refractivity contribution >= 4 is 11.8 Å². The molecule has 0 aromatic carbocycles. The maximum atomic E-state index is 12.5. The maximum absolute atomic E-state index is 12.5. The lowest BCUT2D eigenvalue weighted by Crippen LogP contribution is -2.47. The molecule has 0 radical (unpaired) electrons. The molecule has 5 heteroatoms. The zero-order valence-corrected chi connectivity index (χ0v) is 12.2. The summed E-state index contributed by atoms with van der Waals surface area (Å²) in [5.74, 6) is 0.0404. The van der Waals surface area contributed by atoms with E-state index in [4.69, 9.17) is 0 Å². The fraction of sp³-hybridized carbons (Fsp3) is 0.533. The summed E-state index contributed by atoms with van der Waals surface area (Å²) in [5.41, 5.74) is 2.13. The van der Waals surface area contributed by atoms with Gasteiger partial charge in [-0.15, -0.1) is 0 Å². The molecule has 0 spiro atoms. The Bertz CT molecular complexity index is 514. The van der Waals surface area contributed by atoms with E-state index in [9.17, 15) is 9.59 Å². The van der Waals surface area contributed by atoms with Crippen molar-refractivity contribution in [2.24, 2.45) is 5.92 Å². The van der Waals surface area contributed by atoms with E-state index >= 15 is 0 Å². The van der Waals surface area contributed by atoms with Gasteiger partial charge in [-0.05, 0) is 30.0 Å². The first-order chi connectivity index (χ1) is 9.49. The van der Waals surface area contributed by atoms with Gasteiger partial charge in [-0.2, -0.15) is 0 Å². The minimum absolute atomic E-state index is 0.00191. The van der Waals surface area contributed by atoms with E-state index < -0.39 is 6.04 Å². The lowest BCUT2D eigenvalue weighted by molar-refractivity contribution is -0.135. The molecule has 108 valence electrons. The van der Waals surface area contributed by atoms with Crippen molar-refractivity contribution in [3.05, 3.63) is 29.6 Å². The predicted octanol–water partition coefficient (Wildman–Crippen LogP) is 1.26. The molecule has 2 amide bonds. The van der Waals surface area contributed by atoms with Crippen LogP contribution in [0.1, 0.15) is 31.4 Å². The molecular weight excluding hydrogens is 254 g/mol. The van der Waals surface area contributed by atoms with Crippen molar-refractivity contribution in [1.29, 1.82) is 0 Å². The van der Waals surface area contributed by atoms with Gasteiger partial charge in [-0.3, -0.25) is 14.6 Å². The molecule has 1 aliphatic heterocycles. The highest BCUT2D eigenvalue weighted by Gasteiger charge is 2.31. The van der Waals surface area contributed by atoms with Crippen LogP contribution in [0.25, 0.3) is 0 Å². The molecule has 0 aliphatic carbocycles. The second-order valence-corrected chi connectivity index (χ2v) is 5.60. The first-order valence-electron chi connectivity index (χ1n) is 6.96. The van der Waals surface area contributed by atoms with Crippen molar-refractivity contribution in [3.63, 3.8) is 0 Å². The number of aromatic nitrogens is 1. The van der Waals surface area contributed by atoms with Crippen LogP contribution in [0.15, 0.2) is 18.5 Å². The summed E-state index contributed by atoms with van der Waals surface area (Å²) in [7, 11) is 0. The summed E-state index contributed by atoms with van der Waals surface area (Å²) in [5, 5.41) is 2.82. The van der Waals surface area contributed by atoms with Crippen molar-refractivity contribution in [2.45, 2.75) is 39.8 Å². The van der Waals surface area contributed by atoms with Crippen LogP contribution in [0.4, 0.5) is 0 Å². The number of aryl methyl sites for hydroxylation is 1. The molecule has 1 aromatic heterocycles. The average Bonchev–Trinajstić information content (AvgIpc) is 2.54. The normalized spacial score (nSPS) is 20.0. The Morgan fingerprint density at radius 1 is 1.45 bits per heavy atom. The van der Waals surface area contributed by atoms with E-state index in [-0.39, 0.29) is 17.7 Å². The van der Waals surface area contributed by atoms with E-state index in [1.807, 2.05) is 26.8 Å². The van der Waals surface area contributed by atoms with Crippen molar-refractivity contribution in [2.75, 3.05) is 6.54 Å². The van der Waals surface area contributed by atoms with Crippen LogP contribution < -0.4 is 5.32 Å². The molecule has 1 atom stereocenters. The van der Waals surface area contributed by atoms with Crippen molar-refractivity contribution < 1.29 is 9.59 Å². The van der Waals surface area contributed by atoms with Crippen LogP contribution in [0.3, 0.4) is 0 Å². The topological polar surface area (TPSA) is 62.3 Å². The summed E-state index contributed by atoms with van der Waals surface area (Å²) >= 11 is 0. The number of nitrogens with one attached hydrogen (secondary N) is 1. The summed E-state index contributed by atoms with van der Waals surface area (Å²) in [6, 6.07) is 1.50. The lowest BCUT2D eigenvalue weighted by atomic mass is 10.0. The smallest absolute Gasteiger partial charge is 0.245 e. The highest BCUT2D eigenvalue weighted by atomic mass is 16.2. The van der Waals surface area contributed by atoms with Crippen molar-refractivity contribution in [3.8, 4) is 0 Å². The number of carbonyl (C=O) groups excluding carboxylic acids is 2. The molecular formula is C15H21N3O2. The molecule has 2 rings (SSSR count). The van der Waals surface area contributed by atoms with E-state index in [0.29, 0.717) is 19.5 Å². The zero-order valence-electron chi connectivity index (χ0n) is 12.2. The third-order valence-corrected chi connectivity index (χ3v) is 3.67. The fourth-order valence-electron chi connectivity index (χ4n) is 2.34. The van der Waals surface area contributed by atoms with Crippen molar-refractivity contribution in [1.82, 2.24) is 15.2 Å². The highest BCUT2D eigenvalue weighted by molar-refractivity contribution is 5.90. The van der Waals surface area contributed by atoms with Gasteiger partial charge in [-0.1, -0.05) is 13.8 Å². The van der Waals surface area contributed by atoms with E-state index in [1.54, 1.807) is 17.3 Å². The summed E-state index contributed by atoms with van der Waals surface area (Å²) in [6.45, 7) is 6.88. The van der Waals surface area contributed by atoms with Gasteiger partial charge < -0.3 is 10.2 Å². The first-order valence-corrected chi connectivity index (χ1v) is 6.96. The molecule has 1 N–H and O–H groups in total. The zero-order chi connectivity index (χ0) is 14.7. The Balaban J connectivity index is 2.19. The maximum Gasteiger partial charge on any atom is 0.245 e. The molecule has 1 fully saturated rings. The number of pyridine rings is 1. The number of hydrogen-bond donors (Lipinski definition) is 1. The van der Waals surface area contributed by atoms with Gasteiger partial charge >= 0.3 is 0 Å². The molecule has 5 nitrogen and oxygen atoms in total. The van der Waals surface area contributed by atoms with Gasteiger partial charge in [0.25, 0.3) is 0 Å². The Morgan fingerprint density at radius 3 is 2.85 bits per heavy atom. The van der Waals surface area contributed by atoms with Gasteiger partial charge in [0.1, 0.15) is 6.04 Å². The Kier molecular flexibility index (Phi) is 4.37. The summed E-state index contributed by atoms with van der Waals surface area (Å²) in [6.07, 6.45) is 3.88. The summed E-state index contributed by atoms with van der Waals surface area (Å²) in [4.78, 5) is 30.1. The molecule has 1 saturated heterocycles. The van der Waals surface area contributed by atoms with Crippen LogP contribution in [-0.2, 0) is 16.1 Å². The quantitative estimate of drug-likeness (QED) is 0.903. The summed E-state index contributed by atoms with van der Waals surface area (Å²) < 4.78 is 0. The number of nitrogens with zero attached hydrogens (tertiary/aromatic N) is 2. The van der Waals surface area contributed by atoms with Gasteiger partial charge in [0.15, 0.2) is 0 Å². The Hall–Kier alpha value is -1.91.